The first-order chi connectivity index (χ1) is 18.5. The van der Waals surface area contributed by atoms with E-state index in [0.717, 1.165) is 65.3 Å². The highest BCUT2D eigenvalue weighted by molar-refractivity contribution is 5.09. The van der Waals surface area contributed by atoms with E-state index in [1.54, 1.807) is 25.7 Å². The zero-order chi connectivity index (χ0) is 28.7. The monoisotopic (exact) mass is 554 g/mol. The van der Waals surface area contributed by atoms with Crippen LogP contribution in [0.1, 0.15) is 146 Å². The maximum atomic E-state index is 3.96. The lowest BCUT2D eigenvalue weighted by atomic mass is 9.51. The average molecular weight is 554 g/mol. The Morgan fingerprint density at radius 2 is 0.725 bits per heavy atom. The van der Waals surface area contributed by atoms with Gasteiger partial charge in [-0.1, -0.05) is 0 Å². The van der Waals surface area contributed by atoms with Gasteiger partial charge in [0.15, 0.2) is 0 Å². The van der Waals surface area contributed by atoms with Crippen LogP contribution in [-0.2, 0) is 0 Å². The minimum atomic E-state index is 0.297. The van der Waals surface area contributed by atoms with Crippen LogP contribution in [0, 0.1) is 53.3 Å². The van der Waals surface area contributed by atoms with E-state index in [1.165, 1.54) is 57.8 Å². The Kier molecular flexibility index (Phi) is 7.86. The Hall–Kier alpha value is -0.120. The molecule has 3 heteroatoms. The molecule has 3 nitrogen and oxygen atoms in total. The standard InChI is InChI=1S/2C14H25N.C9H17N/c1-13(2,3)15-14-7-10-4-11(8-14)6-12(5-10)9-14;1-14(2,3)15-13-11-5-9-4-10(7-11)8-12(13)6-9;1-9(2,3)10-8-6-4-7(8)5-6/h10-12,15H,4-9H2,1-3H3;9-13,15H,4-8H2,1-3H3;6-8,10H,4-5H2,1-3H3. The Balaban J connectivity index is 0.000000111. The molecule has 0 unspecified atom stereocenters. The van der Waals surface area contributed by atoms with Crippen molar-refractivity contribution in [3.05, 3.63) is 0 Å². The van der Waals surface area contributed by atoms with E-state index >= 15 is 0 Å². The normalized spacial score (nSPS) is 47.5. The fraction of sp³-hybridized carbons (Fsp3) is 1.00. The van der Waals surface area contributed by atoms with E-state index in [0.29, 0.717) is 22.2 Å². The summed E-state index contributed by atoms with van der Waals surface area (Å²) in [5.41, 5.74) is 1.47. The molecule has 0 radical (unpaired) electrons. The van der Waals surface area contributed by atoms with Crippen molar-refractivity contribution in [3.63, 3.8) is 0 Å². The molecule has 0 aromatic heterocycles. The summed E-state index contributed by atoms with van der Waals surface area (Å²) < 4.78 is 0. The van der Waals surface area contributed by atoms with Gasteiger partial charge in [0, 0.05) is 34.2 Å². The van der Waals surface area contributed by atoms with Crippen LogP contribution in [0.15, 0.2) is 0 Å². The van der Waals surface area contributed by atoms with Gasteiger partial charge in [-0.2, -0.15) is 0 Å². The Morgan fingerprint density at radius 3 is 1.00 bits per heavy atom. The maximum Gasteiger partial charge on any atom is 0.0194 e. The Labute approximate surface area is 248 Å². The van der Waals surface area contributed by atoms with Gasteiger partial charge in [-0.05, 0) is 199 Å². The molecule has 11 aliphatic rings. The van der Waals surface area contributed by atoms with Crippen molar-refractivity contribution < 1.29 is 0 Å². The number of hydrogen-bond acceptors (Lipinski definition) is 3. The molecule has 11 aliphatic carbocycles. The predicted octanol–water partition coefficient (Wildman–Crippen LogP) is 8.33. The third kappa shape index (κ3) is 6.83. The van der Waals surface area contributed by atoms with Crippen molar-refractivity contribution in [1.29, 1.82) is 0 Å². The van der Waals surface area contributed by atoms with Crippen molar-refractivity contribution in [2.24, 2.45) is 53.3 Å². The van der Waals surface area contributed by atoms with E-state index in [2.05, 4.69) is 78.3 Å². The Morgan fingerprint density at radius 1 is 0.400 bits per heavy atom. The highest BCUT2D eigenvalue weighted by atomic mass is 15.1. The van der Waals surface area contributed by atoms with Gasteiger partial charge in [0.1, 0.15) is 0 Å². The molecule has 11 saturated carbocycles. The molecule has 11 rings (SSSR count). The molecule has 0 amide bonds. The lowest BCUT2D eigenvalue weighted by Crippen LogP contribution is -2.65. The van der Waals surface area contributed by atoms with Gasteiger partial charge in [0.2, 0.25) is 0 Å². The molecule has 0 aliphatic heterocycles. The smallest absolute Gasteiger partial charge is 0.0194 e. The third-order valence-electron chi connectivity index (χ3n) is 12.3. The minimum absolute atomic E-state index is 0.297. The van der Waals surface area contributed by atoms with Crippen LogP contribution in [-0.4, -0.2) is 34.2 Å². The second-order valence-electron chi connectivity index (χ2n) is 19.8. The lowest BCUT2D eigenvalue weighted by molar-refractivity contribution is -0.0534. The van der Waals surface area contributed by atoms with Crippen molar-refractivity contribution in [2.75, 3.05) is 0 Å². The summed E-state index contributed by atoms with van der Waals surface area (Å²) in [5.74, 6) is 9.51. The van der Waals surface area contributed by atoms with Crippen LogP contribution in [0.3, 0.4) is 0 Å². The zero-order valence-corrected chi connectivity index (χ0v) is 28.0. The van der Waals surface area contributed by atoms with Gasteiger partial charge in [0.25, 0.3) is 0 Å². The molecule has 3 N–H and O–H groups in total. The van der Waals surface area contributed by atoms with Crippen LogP contribution in [0.5, 0.6) is 0 Å². The summed E-state index contributed by atoms with van der Waals surface area (Å²) in [5, 5.41) is 11.5. The molecule has 0 aromatic rings. The molecule has 0 saturated heterocycles. The average Bonchev–Trinajstić information content (AvgIpc) is 2.70. The predicted molar refractivity (Wildman–Crippen MR) is 170 cm³/mol. The topological polar surface area (TPSA) is 36.1 Å². The first kappa shape index (κ1) is 29.9. The second kappa shape index (κ2) is 10.5. The molecule has 0 atom stereocenters. The van der Waals surface area contributed by atoms with Gasteiger partial charge in [-0.3, -0.25) is 0 Å². The van der Waals surface area contributed by atoms with E-state index in [1.807, 2.05) is 0 Å². The van der Waals surface area contributed by atoms with E-state index in [4.69, 9.17) is 0 Å². The van der Waals surface area contributed by atoms with Crippen molar-refractivity contribution >= 4 is 0 Å². The maximum absolute atomic E-state index is 3.96. The second-order valence-corrected chi connectivity index (χ2v) is 19.8. The largest absolute Gasteiger partial charge is 0.309 e. The molecule has 0 spiro atoms. The fourth-order valence-electron chi connectivity index (χ4n) is 11.7. The van der Waals surface area contributed by atoms with Crippen molar-refractivity contribution in [2.45, 2.75) is 180 Å². The summed E-state index contributed by atoms with van der Waals surface area (Å²) in [6, 6.07) is 1.73. The van der Waals surface area contributed by atoms with Gasteiger partial charge in [-0.25, -0.2) is 0 Å². The molecule has 0 aromatic carbocycles. The van der Waals surface area contributed by atoms with E-state index < -0.39 is 0 Å². The van der Waals surface area contributed by atoms with Crippen LogP contribution >= 0.6 is 0 Å². The van der Waals surface area contributed by atoms with E-state index in [-0.39, 0.29) is 0 Å². The summed E-state index contributed by atoms with van der Waals surface area (Å²) >= 11 is 0. The van der Waals surface area contributed by atoms with Gasteiger partial charge >= 0.3 is 0 Å². The Bertz CT molecular complexity index is 807. The van der Waals surface area contributed by atoms with Crippen LogP contribution in [0.2, 0.25) is 0 Å². The third-order valence-corrected chi connectivity index (χ3v) is 12.3. The number of nitrogens with one attached hydrogen (secondary N) is 3. The first-order valence-electron chi connectivity index (χ1n) is 17.9. The molecule has 11 fully saturated rings. The summed E-state index contributed by atoms with van der Waals surface area (Å²) in [4.78, 5) is 0. The number of hydrogen-bond donors (Lipinski definition) is 3. The van der Waals surface area contributed by atoms with Crippen molar-refractivity contribution in [3.8, 4) is 0 Å². The lowest BCUT2D eigenvalue weighted by Gasteiger charge is -2.60. The fourth-order valence-corrected chi connectivity index (χ4v) is 11.7. The molecule has 10 bridgehead atoms. The SMILES string of the molecule is CC(C)(C)NC12CC3CC(CC(C3)C1)C2.CC(C)(C)NC1C2CC1C2.CC(C)(C)NC1C2CC3CC(C2)CC1C3. The molecule has 40 heavy (non-hydrogen) atoms. The molecular formula is C37H67N3. The highest BCUT2D eigenvalue weighted by Gasteiger charge is 2.53. The van der Waals surface area contributed by atoms with Crippen LogP contribution in [0.4, 0.5) is 0 Å². The van der Waals surface area contributed by atoms with Gasteiger partial charge < -0.3 is 16.0 Å². The molecular weight excluding hydrogens is 486 g/mol. The van der Waals surface area contributed by atoms with Gasteiger partial charge in [0.05, 0.1) is 0 Å². The minimum Gasteiger partial charge on any atom is -0.309 e. The summed E-state index contributed by atoms with van der Waals surface area (Å²) in [6.45, 7) is 20.7. The van der Waals surface area contributed by atoms with Crippen molar-refractivity contribution in [1.82, 2.24) is 16.0 Å². The molecule has 230 valence electrons. The highest BCUT2D eigenvalue weighted by Crippen LogP contribution is 2.57. The zero-order valence-electron chi connectivity index (χ0n) is 28.0. The quantitative estimate of drug-likeness (QED) is 0.329. The van der Waals surface area contributed by atoms with E-state index in [9.17, 15) is 0 Å². The molecule has 0 heterocycles. The first-order valence-corrected chi connectivity index (χ1v) is 17.9. The van der Waals surface area contributed by atoms with Crippen LogP contribution < -0.4 is 16.0 Å². The summed E-state index contributed by atoms with van der Waals surface area (Å²) in [7, 11) is 0. The van der Waals surface area contributed by atoms with Gasteiger partial charge in [-0.15, -0.1) is 0 Å². The number of rotatable bonds is 3. The van der Waals surface area contributed by atoms with Crippen LogP contribution in [0.25, 0.3) is 0 Å². The summed E-state index contributed by atoms with van der Waals surface area (Å²) in [6.07, 6.45) is 19.7.